The van der Waals surface area contributed by atoms with E-state index in [-0.39, 0.29) is 31.2 Å². The standard InChI is InChI=1S/C48H44Cl4N2O6/c1-56-37-19-13-31(25-39(37)58-3)35(29-9-15-33(16-10-29)53-21-5-6-22-53)27-48(42-41(47(55)60-48)43(49)45(51)46(52)44(42)50)28-36(32-14-20-38(57-2)40(26-32)59-4)30-11-17-34(18-12-30)54-23-7-8-24-54/h9-20,25-28H,5-8,21-24H2,1-4H3/b35-27-,36-28-. The average Bonchev–Trinajstić information content (AvgIpc) is 4.08. The molecule has 0 radical (unpaired) electrons. The number of cyclic esters (lactones) is 1. The first-order chi connectivity index (χ1) is 29.1. The first-order valence-corrected chi connectivity index (χ1v) is 21.3. The fourth-order valence-corrected chi connectivity index (χ4v) is 9.53. The zero-order chi connectivity index (χ0) is 42.1. The number of nitrogens with zero attached hydrogens (tertiary/aromatic N) is 2. The Kier molecular flexibility index (Phi) is 12.2. The third-order valence-corrected chi connectivity index (χ3v) is 13.3. The van der Waals surface area contributed by atoms with Crippen LogP contribution in [0.3, 0.4) is 0 Å². The number of carbonyl (C=O) groups is 1. The summed E-state index contributed by atoms with van der Waals surface area (Å²) in [6.07, 6.45) is 8.40. The summed E-state index contributed by atoms with van der Waals surface area (Å²) in [6, 6.07) is 28.1. The maximum absolute atomic E-state index is 14.4. The Morgan fingerprint density at radius 3 is 1.32 bits per heavy atom. The van der Waals surface area contributed by atoms with E-state index in [1.54, 1.807) is 28.4 Å². The molecular weight excluding hydrogens is 842 g/mol. The van der Waals surface area contributed by atoms with Crippen LogP contribution in [0, 0.1) is 0 Å². The topological polar surface area (TPSA) is 69.7 Å². The van der Waals surface area contributed by atoms with E-state index in [9.17, 15) is 4.79 Å². The average molecular weight is 887 g/mol. The molecule has 5 aromatic rings. The molecule has 310 valence electrons. The van der Waals surface area contributed by atoms with E-state index in [2.05, 4.69) is 58.3 Å². The van der Waals surface area contributed by atoms with Crippen molar-refractivity contribution in [1.82, 2.24) is 0 Å². The molecule has 0 saturated carbocycles. The molecule has 8 nitrogen and oxygen atoms in total. The second kappa shape index (κ2) is 17.5. The van der Waals surface area contributed by atoms with E-state index in [0.29, 0.717) is 34.1 Å². The third-order valence-electron chi connectivity index (χ3n) is 11.5. The van der Waals surface area contributed by atoms with Crippen LogP contribution in [-0.4, -0.2) is 60.6 Å². The molecule has 8 rings (SSSR count). The summed E-state index contributed by atoms with van der Waals surface area (Å²) in [7, 11) is 6.36. The summed E-state index contributed by atoms with van der Waals surface area (Å²) in [5, 5.41) is -0.0682. The van der Waals surface area contributed by atoms with Crippen LogP contribution in [0.25, 0.3) is 11.1 Å². The highest BCUT2D eigenvalue weighted by molar-refractivity contribution is 6.53. The molecule has 0 amide bonds. The lowest BCUT2D eigenvalue weighted by Gasteiger charge is -2.28. The molecule has 0 spiro atoms. The van der Waals surface area contributed by atoms with Crippen LogP contribution in [-0.2, 0) is 10.3 Å². The maximum atomic E-state index is 14.4. The number of rotatable bonds is 12. The molecule has 0 unspecified atom stereocenters. The van der Waals surface area contributed by atoms with Crippen molar-refractivity contribution < 1.29 is 28.5 Å². The zero-order valence-corrected chi connectivity index (χ0v) is 36.8. The van der Waals surface area contributed by atoms with Crippen LogP contribution in [0.15, 0.2) is 97.1 Å². The van der Waals surface area contributed by atoms with Crippen LogP contribution < -0.4 is 28.7 Å². The van der Waals surface area contributed by atoms with Crippen LogP contribution in [0.1, 0.15) is 63.9 Å². The lowest BCUT2D eigenvalue weighted by molar-refractivity contribution is 0.0300. The normalized spacial score (nSPS) is 17.8. The monoisotopic (exact) mass is 884 g/mol. The molecule has 0 atom stereocenters. The van der Waals surface area contributed by atoms with Crippen molar-refractivity contribution in [3.8, 4) is 23.0 Å². The smallest absolute Gasteiger partial charge is 0.341 e. The molecule has 2 saturated heterocycles. The molecule has 60 heavy (non-hydrogen) atoms. The van der Waals surface area contributed by atoms with Crippen molar-refractivity contribution in [3.05, 3.63) is 151 Å². The van der Waals surface area contributed by atoms with E-state index in [1.165, 1.54) is 0 Å². The molecule has 0 bridgehead atoms. The van der Waals surface area contributed by atoms with Crippen LogP contribution in [0.4, 0.5) is 11.4 Å². The Morgan fingerprint density at radius 2 is 0.917 bits per heavy atom. The lowest BCUT2D eigenvalue weighted by Crippen LogP contribution is -2.23. The molecule has 3 heterocycles. The quantitative estimate of drug-likeness (QED) is 0.0697. The number of esters is 1. The summed E-state index contributed by atoms with van der Waals surface area (Å²) in [5.41, 5.74) is 5.41. The highest BCUT2D eigenvalue weighted by atomic mass is 35.5. The third kappa shape index (κ3) is 7.75. The maximum Gasteiger partial charge on any atom is 0.341 e. The fraction of sp³-hybridized carbons (Fsp3) is 0.271. The van der Waals surface area contributed by atoms with Crippen LogP contribution in [0.5, 0.6) is 23.0 Å². The van der Waals surface area contributed by atoms with E-state index < -0.39 is 11.6 Å². The number of methoxy groups -OCH3 is 4. The van der Waals surface area contributed by atoms with Crippen molar-refractivity contribution in [3.63, 3.8) is 0 Å². The van der Waals surface area contributed by atoms with E-state index >= 15 is 0 Å². The minimum atomic E-state index is -1.71. The second-order valence-electron chi connectivity index (χ2n) is 14.9. The van der Waals surface area contributed by atoms with Crippen molar-refractivity contribution in [2.45, 2.75) is 31.3 Å². The molecule has 3 aliphatic rings. The Balaban J connectivity index is 1.44. The number of benzene rings is 5. The first kappa shape index (κ1) is 41.7. The summed E-state index contributed by atoms with van der Waals surface area (Å²) in [4.78, 5) is 19.1. The van der Waals surface area contributed by atoms with Gasteiger partial charge in [-0.15, -0.1) is 0 Å². The Hall–Kier alpha value is -4.99. The summed E-state index contributed by atoms with van der Waals surface area (Å²) >= 11 is 27.6. The molecule has 12 heteroatoms. The molecule has 0 aliphatic carbocycles. The number of ether oxygens (including phenoxy) is 5. The van der Waals surface area contributed by atoms with Gasteiger partial charge in [0.1, 0.15) is 0 Å². The number of hydrogen-bond donors (Lipinski definition) is 0. The van der Waals surface area contributed by atoms with E-state index in [0.717, 1.165) is 85.5 Å². The number of carbonyl (C=O) groups excluding carboxylic acids is 1. The molecule has 0 aromatic heterocycles. The zero-order valence-electron chi connectivity index (χ0n) is 33.8. The number of hydrogen-bond acceptors (Lipinski definition) is 8. The van der Waals surface area contributed by atoms with Gasteiger partial charge in [0.05, 0.1) is 54.1 Å². The van der Waals surface area contributed by atoms with Gasteiger partial charge in [-0.2, -0.15) is 0 Å². The molecule has 2 fully saturated rings. The first-order valence-electron chi connectivity index (χ1n) is 19.8. The van der Waals surface area contributed by atoms with Crippen molar-refractivity contribution in [1.29, 1.82) is 0 Å². The second-order valence-corrected chi connectivity index (χ2v) is 16.4. The summed E-state index contributed by atoms with van der Waals surface area (Å²) in [6.45, 7) is 4.00. The lowest BCUT2D eigenvalue weighted by atomic mass is 9.83. The van der Waals surface area contributed by atoms with Gasteiger partial charge in [-0.05, 0) is 120 Å². The van der Waals surface area contributed by atoms with Gasteiger partial charge in [0, 0.05) is 43.1 Å². The highest BCUT2D eigenvalue weighted by Crippen LogP contribution is 2.54. The minimum absolute atomic E-state index is 0.00294. The number of fused-ring (bicyclic) bond motifs is 1. The number of anilines is 2. The van der Waals surface area contributed by atoms with Crippen LogP contribution >= 0.6 is 46.4 Å². The van der Waals surface area contributed by atoms with Gasteiger partial charge < -0.3 is 33.5 Å². The predicted octanol–water partition coefficient (Wildman–Crippen LogP) is 12.2. The SMILES string of the molecule is COc1ccc(/C(=C\C2(/C=C(/c3ccc(N4CCCC4)cc3)c3ccc(OC)c(OC)c3)OC(=O)c3c(Cl)c(Cl)c(Cl)c(Cl)c32)c2ccc(N3CCCC3)cc2)cc1OC. The van der Waals surface area contributed by atoms with Gasteiger partial charge in [-0.25, -0.2) is 4.79 Å². The molecular formula is C48H44Cl4N2O6. The van der Waals surface area contributed by atoms with Gasteiger partial charge in [0.25, 0.3) is 0 Å². The molecule has 3 aliphatic heterocycles. The molecule has 0 N–H and O–H groups in total. The van der Waals surface area contributed by atoms with E-state index in [4.69, 9.17) is 70.1 Å². The highest BCUT2D eigenvalue weighted by Gasteiger charge is 2.48. The Morgan fingerprint density at radius 1 is 0.533 bits per heavy atom. The summed E-state index contributed by atoms with van der Waals surface area (Å²) < 4.78 is 29.5. The van der Waals surface area contributed by atoms with Gasteiger partial charge in [-0.1, -0.05) is 82.8 Å². The molecule has 5 aromatic carbocycles. The summed E-state index contributed by atoms with van der Waals surface area (Å²) in [5.74, 6) is 1.43. The minimum Gasteiger partial charge on any atom is -0.493 e. The van der Waals surface area contributed by atoms with Crippen molar-refractivity contribution in [2.24, 2.45) is 0 Å². The Bertz CT molecular complexity index is 2360. The Labute approximate surface area is 370 Å². The van der Waals surface area contributed by atoms with Crippen LogP contribution in [0.2, 0.25) is 20.1 Å². The van der Waals surface area contributed by atoms with Gasteiger partial charge >= 0.3 is 5.97 Å². The van der Waals surface area contributed by atoms with Crippen molar-refractivity contribution in [2.75, 3.05) is 64.4 Å². The largest absolute Gasteiger partial charge is 0.493 e. The van der Waals surface area contributed by atoms with Gasteiger partial charge in [-0.3, -0.25) is 0 Å². The predicted molar refractivity (Wildman–Crippen MR) is 243 cm³/mol. The van der Waals surface area contributed by atoms with E-state index in [1.807, 2.05) is 48.6 Å². The van der Waals surface area contributed by atoms with Crippen molar-refractivity contribution >= 4 is 74.9 Å². The fourth-order valence-electron chi connectivity index (χ4n) is 8.45. The number of halogens is 4. The van der Waals surface area contributed by atoms with Gasteiger partial charge in [0.15, 0.2) is 28.6 Å². The van der Waals surface area contributed by atoms with Gasteiger partial charge in [0.2, 0.25) is 0 Å².